The molecule has 12 heavy (non-hydrogen) atoms. The minimum atomic E-state index is -0.140. The van der Waals surface area contributed by atoms with Crippen LogP contribution in [0.3, 0.4) is 0 Å². The Morgan fingerprint density at radius 3 is 2.67 bits per heavy atom. The van der Waals surface area contributed by atoms with Crippen LogP contribution in [0.4, 0.5) is 5.88 Å². The topological polar surface area (TPSA) is 58.3 Å². The van der Waals surface area contributed by atoms with E-state index in [0.29, 0.717) is 5.88 Å². The van der Waals surface area contributed by atoms with Crippen molar-refractivity contribution in [2.24, 2.45) is 0 Å². The summed E-state index contributed by atoms with van der Waals surface area (Å²) in [6.07, 6.45) is 0. The molecule has 68 valence electrons. The third-order valence-corrected chi connectivity index (χ3v) is 1.53. The van der Waals surface area contributed by atoms with Crippen molar-refractivity contribution < 1.29 is 9.63 Å². The third-order valence-electron chi connectivity index (χ3n) is 1.53. The van der Waals surface area contributed by atoms with E-state index >= 15 is 0 Å². The van der Waals surface area contributed by atoms with Gasteiger partial charge in [-0.1, -0.05) is 25.9 Å². The van der Waals surface area contributed by atoms with Crippen LogP contribution in [0, 0.1) is 0 Å². The Hall–Kier alpha value is -1.03. The van der Waals surface area contributed by atoms with Crippen molar-refractivity contribution in [1.29, 1.82) is 0 Å². The minimum absolute atomic E-state index is 0.0150. The Balaban J connectivity index is 2.77. The molecule has 0 fully saturated rings. The average molecular weight is 170 g/mol. The smallest absolute Gasteiger partial charge is 0.226 e. The van der Waals surface area contributed by atoms with Crippen molar-refractivity contribution in [3.05, 3.63) is 11.8 Å². The lowest BCUT2D eigenvalue weighted by molar-refractivity contribution is 0.315. The van der Waals surface area contributed by atoms with E-state index < -0.39 is 0 Å². The maximum atomic E-state index is 8.53. The number of aromatic nitrogens is 1. The van der Waals surface area contributed by atoms with Crippen LogP contribution < -0.4 is 5.32 Å². The van der Waals surface area contributed by atoms with Crippen LogP contribution in [0.5, 0.6) is 0 Å². The van der Waals surface area contributed by atoms with Crippen LogP contribution in [-0.4, -0.2) is 17.0 Å². The van der Waals surface area contributed by atoms with E-state index in [9.17, 15) is 0 Å². The largest absolute Gasteiger partial charge is 0.376 e. The molecule has 0 aliphatic carbocycles. The standard InChI is InChI=1S/C8H14N2O2/c1-8(2,3)6-4-7(9-5-11)12-10-6/h4,9,11H,5H2,1-3H3. The highest BCUT2D eigenvalue weighted by Crippen LogP contribution is 2.23. The molecular formula is C8H14N2O2. The molecule has 0 bridgehead atoms. The molecule has 0 saturated heterocycles. The van der Waals surface area contributed by atoms with Crippen LogP contribution in [0.1, 0.15) is 26.5 Å². The second-order valence-corrected chi connectivity index (χ2v) is 3.66. The maximum absolute atomic E-state index is 8.53. The number of aliphatic hydroxyl groups excluding tert-OH is 1. The summed E-state index contributed by atoms with van der Waals surface area (Å²) in [6.45, 7) is 6.01. The molecule has 0 atom stereocenters. The third kappa shape index (κ3) is 1.98. The monoisotopic (exact) mass is 170 g/mol. The van der Waals surface area contributed by atoms with Gasteiger partial charge in [-0.25, -0.2) is 0 Å². The Morgan fingerprint density at radius 1 is 1.58 bits per heavy atom. The molecule has 1 aromatic heterocycles. The van der Waals surface area contributed by atoms with E-state index in [1.807, 2.05) is 20.8 Å². The zero-order valence-electron chi connectivity index (χ0n) is 7.59. The zero-order chi connectivity index (χ0) is 9.19. The molecule has 1 rings (SSSR count). The molecule has 0 aromatic carbocycles. The van der Waals surface area contributed by atoms with Gasteiger partial charge in [-0.3, -0.25) is 0 Å². The Bertz CT molecular complexity index is 250. The Kier molecular flexibility index (Phi) is 2.38. The van der Waals surface area contributed by atoms with Crippen LogP contribution in [0.2, 0.25) is 0 Å². The van der Waals surface area contributed by atoms with E-state index in [1.54, 1.807) is 6.07 Å². The van der Waals surface area contributed by atoms with Crippen molar-refractivity contribution in [3.8, 4) is 0 Å². The summed E-state index contributed by atoms with van der Waals surface area (Å²) in [5.41, 5.74) is 0.859. The predicted octanol–water partition coefficient (Wildman–Crippen LogP) is 1.33. The van der Waals surface area contributed by atoms with Crippen molar-refractivity contribution in [1.82, 2.24) is 5.16 Å². The lowest BCUT2D eigenvalue weighted by atomic mass is 9.92. The SMILES string of the molecule is CC(C)(C)c1cc(NCO)on1. The first-order valence-electron chi connectivity index (χ1n) is 3.86. The van der Waals surface area contributed by atoms with Gasteiger partial charge in [0.2, 0.25) is 5.88 Å². The van der Waals surface area contributed by atoms with Crippen LogP contribution in [0.25, 0.3) is 0 Å². The summed E-state index contributed by atoms with van der Waals surface area (Å²) >= 11 is 0. The summed E-state index contributed by atoms with van der Waals surface area (Å²) < 4.78 is 4.91. The van der Waals surface area contributed by atoms with Gasteiger partial charge >= 0.3 is 0 Å². The van der Waals surface area contributed by atoms with Crippen molar-refractivity contribution >= 4 is 5.88 Å². The number of aliphatic hydroxyl groups is 1. The first-order valence-corrected chi connectivity index (χ1v) is 3.86. The Morgan fingerprint density at radius 2 is 2.25 bits per heavy atom. The van der Waals surface area contributed by atoms with Crippen LogP contribution in [-0.2, 0) is 5.41 Å². The maximum Gasteiger partial charge on any atom is 0.226 e. The lowest BCUT2D eigenvalue weighted by Gasteiger charge is -2.12. The zero-order valence-corrected chi connectivity index (χ0v) is 7.59. The van der Waals surface area contributed by atoms with Gasteiger partial charge in [0.15, 0.2) is 0 Å². The molecule has 4 heteroatoms. The first kappa shape index (κ1) is 9.06. The lowest BCUT2D eigenvalue weighted by Crippen LogP contribution is -2.11. The molecule has 0 saturated carbocycles. The molecule has 1 heterocycles. The van der Waals surface area contributed by atoms with Crippen molar-refractivity contribution in [2.45, 2.75) is 26.2 Å². The number of nitrogens with zero attached hydrogens (tertiary/aromatic N) is 1. The first-order chi connectivity index (χ1) is 5.54. The van der Waals surface area contributed by atoms with Crippen molar-refractivity contribution in [2.75, 3.05) is 12.0 Å². The second kappa shape index (κ2) is 3.15. The fourth-order valence-corrected chi connectivity index (χ4v) is 0.790. The molecule has 0 spiro atoms. The highest BCUT2D eigenvalue weighted by atomic mass is 16.5. The summed E-state index contributed by atoms with van der Waals surface area (Å²) in [7, 11) is 0. The molecule has 0 radical (unpaired) electrons. The molecule has 0 unspecified atom stereocenters. The fourth-order valence-electron chi connectivity index (χ4n) is 0.790. The van der Waals surface area contributed by atoms with Gasteiger partial charge in [0.05, 0.1) is 5.69 Å². The van der Waals surface area contributed by atoms with Gasteiger partial charge in [-0.2, -0.15) is 0 Å². The minimum Gasteiger partial charge on any atom is -0.376 e. The van der Waals surface area contributed by atoms with Crippen molar-refractivity contribution in [3.63, 3.8) is 0 Å². The summed E-state index contributed by atoms with van der Waals surface area (Å²) in [5, 5.41) is 15.0. The molecule has 2 N–H and O–H groups in total. The van der Waals surface area contributed by atoms with E-state index in [1.165, 1.54) is 0 Å². The van der Waals surface area contributed by atoms with E-state index in [-0.39, 0.29) is 12.1 Å². The molecule has 4 nitrogen and oxygen atoms in total. The number of nitrogens with one attached hydrogen (secondary N) is 1. The predicted molar refractivity (Wildman–Crippen MR) is 45.9 cm³/mol. The van der Waals surface area contributed by atoms with Gasteiger partial charge in [0, 0.05) is 11.5 Å². The molecule has 0 aliphatic rings. The summed E-state index contributed by atoms with van der Waals surface area (Å²) in [4.78, 5) is 0. The van der Waals surface area contributed by atoms with E-state index in [4.69, 9.17) is 9.63 Å². The second-order valence-electron chi connectivity index (χ2n) is 3.66. The summed E-state index contributed by atoms with van der Waals surface area (Å²) in [5.74, 6) is 0.502. The normalized spacial score (nSPS) is 11.7. The van der Waals surface area contributed by atoms with E-state index in [0.717, 1.165) is 5.69 Å². The number of rotatable bonds is 2. The van der Waals surface area contributed by atoms with Gasteiger partial charge in [-0.05, 0) is 0 Å². The van der Waals surface area contributed by atoms with Crippen LogP contribution >= 0.6 is 0 Å². The molecular weight excluding hydrogens is 156 g/mol. The Labute approximate surface area is 71.6 Å². The number of hydrogen-bond acceptors (Lipinski definition) is 4. The molecule has 0 aliphatic heterocycles. The summed E-state index contributed by atoms with van der Waals surface area (Å²) in [6, 6.07) is 1.79. The fraction of sp³-hybridized carbons (Fsp3) is 0.625. The highest BCUT2D eigenvalue weighted by Gasteiger charge is 2.18. The highest BCUT2D eigenvalue weighted by molar-refractivity contribution is 5.33. The molecule has 1 aromatic rings. The van der Waals surface area contributed by atoms with Gasteiger partial charge in [-0.15, -0.1) is 0 Å². The van der Waals surface area contributed by atoms with E-state index in [2.05, 4.69) is 10.5 Å². The average Bonchev–Trinajstić information content (AvgIpc) is 2.35. The number of hydrogen-bond donors (Lipinski definition) is 2. The quantitative estimate of drug-likeness (QED) is 0.657. The van der Waals surface area contributed by atoms with Crippen LogP contribution in [0.15, 0.2) is 10.6 Å². The van der Waals surface area contributed by atoms with Gasteiger partial charge < -0.3 is 14.9 Å². The molecule has 0 amide bonds. The number of anilines is 1. The van der Waals surface area contributed by atoms with Gasteiger partial charge in [0.25, 0.3) is 0 Å². The van der Waals surface area contributed by atoms with Gasteiger partial charge in [0.1, 0.15) is 6.73 Å².